The molecule has 1 unspecified atom stereocenters. The van der Waals surface area contributed by atoms with E-state index in [0.717, 1.165) is 25.3 Å². The lowest BCUT2D eigenvalue weighted by Gasteiger charge is -2.26. The molecule has 3 heteroatoms. The summed E-state index contributed by atoms with van der Waals surface area (Å²) >= 11 is 1.79. The Kier molecular flexibility index (Phi) is 4.02. The molecule has 1 fully saturated rings. The Morgan fingerprint density at radius 3 is 2.64 bits per heavy atom. The molecule has 0 saturated carbocycles. The molecular formula is C11H21NOS. The van der Waals surface area contributed by atoms with Crippen molar-refractivity contribution < 1.29 is 4.79 Å². The summed E-state index contributed by atoms with van der Waals surface area (Å²) in [6, 6.07) is 0. The van der Waals surface area contributed by atoms with E-state index in [1.165, 1.54) is 0 Å². The van der Waals surface area contributed by atoms with Crippen LogP contribution in [0, 0.1) is 5.41 Å². The SMILES string of the molecule is CC(=O)C1SCCN1CCC(C)(C)C. The minimum absolute atomic E-state index is 0.136. The summed E-state index contributed by atoms with van der Waals surface area (Å²) in [6.07, 6.45) is 1.16. The van der Waals surface area contributed by atoms with E-state index in [-0.39, 0.29) is 5.37 Å². The third-order valence-electron chi connectivity index (χ3n) is 2.48. The van der Waals surface area contributed by atoms with Crippen molar-refractivity contribution in [2.75, 3.05) is 18.8 Å². The van der Waals surface area contributed by atoms with E-state index in [9.17, 15) is 4.79 Å². The highest BCUT2D eigenvalue weighted by atomic mass is 32.2. The second-order valence-electron chi connectivity index (χ2n) is 5.18. The van der Waals surface area contributed by atoms with Gasteiger partial charge in [0, 0.05) is 18.8 Å². The number of ketones is 1. The van der Waals surface area contributed by atoms with Crippen molar-refractivity contribution >= 4 is 17.5 Å². The molecule has 0 N–H and O–H groups in total. The van der Waals surface area contributed by atoms with Gasteiger partial charge in [-0.25, -0.2) is 0 Å². The van der Waals surface area contributed by atoms with Crippen LogP contribution in [0.3, 0.4) is 0 Å². The van der Waals surface area contributed by atoms with Crippen molar-refractivity contribution in [3.63, 3.8) is 0 Å². The highest BCUT2D eigenvalue weighted by molar-refractivity contribution is 8.00. The Labute approximate surface area is 91.4 Å². The van der Waals surface area contributed by atoms with Crippen molar-refractivity contribution in [2.45, 2.75) is 39.5 Å². The number of hydrogen-bond donors (Lipinski definition) is 0. The molecule has 82 valence electrons. The van der Waals surface area contributed by atoms with Gasteiger partial charge < -0.3 is 0 Å². The van der Waals surface area contributed by atoms with Crippen LogP contribution < -0.4 is 0 Å². The van der Waals surface area contributed by atoms with Gasteiger partial charge in [-0.2, -0.15) is 0 Å². The van der Waals surface area contributed by atoms with Crippen molar-refractivity contribution in [1.82, 2.24) is 4.90 Å². The first-order valence-electron chi connectivity index (χ1n) is 5.26. The largest absolute Gasteiger partial charge is 0.297 e. The Morgan fingerprint density at radius 2 is 2.14 bits per heavy atom. The van der Waals surface area contributed by atoms with Crippen molar-refractivity contribution in [2.24, 2.45) is 5.41 Å². The fraction of sp³-hybridized carbons (Fsp3) is 0.909. The average Bonchev–Trinajstić information content (AvgIpc) is 2.46. The lowest BCUT2D eigenvalue weighted by molar-refractivity contribution is -0.119. The highest BCUT2D eigenvalue weighted by Gasteiger charge is 2.29. The summed E-state index contributed by atoms with van der Waals surface area (Å²) in [6.45, 7) is 10.6. The number of Topliss-reactive ketones (excluding diaryl/α,β-unsaturated/α-hetero) is 1. The molecule has 0 aliphatic carbocycles. The molecule has 0 spiro atoms. The molecule has 1 atom stereocenters. The molecular weight excluding hydrogens is 194 g/mol. The van der Waals surface area contributed by atoms with Gasteiger partial charge in [0.15, 0.2) is 5.78 Å². The van der Waals surface area contributed by atoms with Crippen LogP contribution in [0.25, 0.3) is 0 Å². The second kappa shape index (κ2) is 4.67. The maximum Gasteiger partial charge on any atom is 0.157 e. The molecule has 1 aliphatic heterocycles. The number of thioether (sulfide) groups is 1. The van der Waals surface area contributed by atoms with Crippen LogP contribution in [0.15, 0.2) is 0 Å². The van der Waals surface area contributed by atoms with Crippen LogP contribution in [0.5, 0.6) is 0 Å². The Balaban J connectivity index is 2.40. The zero-order chi connectivity index (χ0) is 10.8. The molecule has 1 aliphatic rings. The zero-order valence-electron chi connectivity index (χ0n) is 9.67. The molecule has 1 saturated heterocycles. The Morgan fingerprint density at radius 1 is 1.50 bits per heavy atom. The lowest BCUT2D eigenvalue weighted by Crippen LogP contribution is -2.35. The highest BCUT2D eigenvalue weighted by Crippen LogP contribution is 2.27. The predicted molar refractivity (Wildman–Crippen MR) is 62.6 cm³/mol. The van der Waals surface area contributed by atoms with E-state index in [1.54, 1.807) is 18.7 Å². The number of rotatable bonds is 3. The van der Waals surface area contributed by atoms with Crippen molar-refractivity contribution in [3.05, 3.63) is 0 Å². The minimum atomic E-state index is 0.136. The lowest BCUT2D eigenvalue weighted by atomic mass is 9.92. The zero-order valence-corrected chi connectivity index (χ0v) is 10.5. The predicted octanol–water partition coefficient (Wildman–Crippen LogP) is 2.39. The van der Waals surface area contributed by atoms with Gasteiger partial charge in [-0.15, -0.1) is 11.8 Å². The molecule has 1 heterocycles. The summed E-state index contributed by atoms with van der Waals surface area (Å²) in [5, 5.41) is 0.136. The van der Waals surface area contributed by atoms with Gasteiger partial charge in [0.25, 0.3) is 0 Å². The summed E-state index contributed by atoms with van der Waals surface area (Å²) < 4.78 is 0. The fourth-order valence-corrected chi connectivity index (χ4v) is 2.81. The van der Waals surface area contributed by atoms with E-state index < -0.39 is 0 Å². The van der Waals surface area contributed by atoms with Gasteiger partial charge in [0.1, 0.15) is 5.37 Å². The number of nitrogens with zero attached hydrogens (tertiary/aromatic N) is 1. The molecule has 0 radical (unpaired) electrons. The molecule has 1 rings (SSSR count). The third-order valence-corrected chi connectivity index (χ3v) is 3.85. The maximum absolute atomic E-state index is 11.3. The molecule has 2 nitrogen and oxygen atoms in total. The van der Waals surface area contributed by atoms with Crippen LogP contribution in [-0.4, -0.2) is 34.9 Å². The Bertz CT molecular complexity index is 210. The van der Waals surface area contributed by atoms with E-state index in [1.807, 2.05) is 0 Å². The molecule has 0 aromatic carbocycles. The van der Waals surface area contributed by atoms with E-state index in [0.29, 0.717) is 11.2 Å². The molecule has 14 heavy (non-hydrogen) atoms. The second-order valence-corrected chi connectivity index (χ2v) is 6.37. The standard InChI is InChI=1S/C11H21NOS/c1-9(13)10-12(7-8-14-10)6-5-11(2,3)4/h10H,5-8H2,1-4H3. The van der Waals surface area contributed by atoms with Gasteiger partial charge in [-0.1, -0.05) is 20.8 Å². The molecule has 0 aromatic heterocycles. The van der Waals surface area contributed by atoms with Crippen LogP contribution in [0.1, 0.15) is 34.1 Å². The third kappa shape index (κ3) is 3.62. The van der Waals surface area contributed by atoms with E-state index in [4.69, 9.17) is 0 Å². The van der Waals surface area contributed by atoms with Crippen molar-refractivity contribution in [3.8, 4) is 0 Å². The topological polar surface area (TPSA) is 20.3 Å². The average molecular weight is 215 g/mol. The van der Waals surface area contributed by atoms with Crippen LogP contribution in [-0.2, 0) is 4.79 Å². The van der Waals surface area contributed by atoms with Gasteiger partial charge in [0.2, 0.25) is 0 Å². The van der Waals surface area contributed by atoms with Crippen LogP contribution >= 0.6 is 11.8 Å². The first-order valence-corrected chi connectivity index (χ1v) is 6.31. The summed E-state index contributed by atoms with van der Waals surface area (Å²) in [7, 11) is 0. The first-order chi connectivity index (χ1) is 6.40. The first kappa shape index (κ1) is 12.1. The fourth-order valence-electron chi connectivity index (χ4n) is 1.59. The number of carbonyl (C=O) groups is 1. The van der Waals surface area contributed by atoms with Gasteiger partial charge in [-0.05, 0) is 18.8 Å². The normalized spacial score (nSPS) is 24.1. The summed E-state index contributed by atoms with van der Waals surface area (Å²) in [4.78, 5) is 13.6. The van der Waals surface area contributed by atoms with Crippen LogP contribution in [0.2, 0.25) is 0 Å². The van der Waals surface area contributed by atoms with Gasteiger partial charge in [-0.3, -0.25) is 9.69 Å². The minimum Gasteiger partial charge on any atom is -0.297 e. The molecule has 0 bridgehead atoms. The number of carbonyl (C=O) groups excluding carboxylic acids is 1. The monoisotopic (exact) mass is 215 g/mol. The quantitative estimate of drug-likeness (QED) is 0.721. The number of hydrogen-bond acceptors (Lipinski definition) is 3. The maximum atomic E-state index is 11.3. The van der Waals surface area contributed by atoms with Gasteiger partial charge >= 0.3 is 0 Å². The summed E-state index contributed by atoms with van der Waals surface area (Å²) in [5.41, 5.74) is 0.370. The van der Waals surface area contributed by atoms with E-state index >= 15 is 0 Å². The van der Waals surface area contributed by atoms with Gasteiger partial charge in [0.05, 0.1) is 0 Å². The molecule has 0 amide bonds. The molecule has 0 aromatic rings. The van der Waals surface area contributed by atoms with Crippen LogP contribution in [0.4, 0.5) is 0 Å². The Hall–Kier alpha value is -0.0200. The smallest absolute Gasteiger partial charge is 0.157 e. The summed E-state index contributed by atoms with van der Waals surface area (Å²) in [5.74, 6) is 1.41. The van der Waals surface area contributed by atoms with E-state index in [2.05, 4.69) is 25.7 Å². The van der Waals surface area contributed by atoms with Crippen molar-refractivity contribution in [1.29, 1.82) is 0 Å².